The number of Topliss-reactive ketones (excluding diaryl/α,β-unsaturated/α-hetero) is 1. The molecular weight excluding hydrogens is 321 g/mol. The van der Waals surface area contributed by atoms with Crippen molar-refractivity contribution in [1.29, 1.82) is 0 Å². The fraction of sp³-hybridized carbons (Fsp3) is 0.0714. The second kappa shape index (κ2) is 5.57. The summed E-state index contributed by atoms with van der Waals surface area (Å²) in [6.07, 6.45) is -0.257. The Hall–Kier alpha value is -1.62. The van der Waals surface area contributed by atoms with Crippen LogP contribution in [-0.4, -0.2) is 5.78 Å². The van der Waals surface area contributed by atoms with Gasteiger partial charge in [0.1, 0.15) is 17.5 Å². The minimum atomic E-state index is -0.937. The first-order valence-corrected chi connectivity index (χ1v) is 6.19. The topological polar surface area (TPSA) is 17.1 Å². The molecule has 0 aromatic heterocycles. The molecule has 0 amide bonds. The highest BCUT2D eigenvalue weighted by Gasteiger charge is 2.18. The Morgan fingerprint density at radius 3 is 2.26 bits per heavy atom. The van der Waals surface area contributed by atoms with Gasteiger partial charge >= 0.3 is 0 Å². The smallest absolute Gasteiger partial charge is 0.173 e. The number of hydrogen-bond donors (Lipinski definition) is 0. The highest BCUT2D eigenvalue weighted by atomic mass is 79.9. The number of rotatable bonds is 3. The summed E-state index contributed by atoms with van der Waals surface area (Å²) in [6.45, 7) is 0. The monoisotopic (exact) mass is 328 g/mol. The average molecular weight is 329 g/mol. The molecule has 0 aliphatic heterocycles. The zero-order valence-electron chi connectivity index (χ0n) is 9.59. The van der Waals surface area contributed by atoms with Crippen molar-refractivity contribution in [2.45, 2.75) is 6.42 Å². The van der Waals surface area contributed by atoms with Gasteiger partial charge in [-0.05, 0) is 29.8 Å². The number of hydrogen-bond acceptors (Lipinski definition) is 1. The van der Waals surface area contributed by atoms with E-state index in [1.54, 1.807) is 0 Å². The van der Waals surface area contributed by atoms with Crippen molar-refractivity contribution >= 4 is 21.7 Å². The van der Waals surface area contributed by atoms with Crippen LogP contribution in [0, 0.1) is 17.5 Å². The van der Waals surface area contributed by atoms with Crippen LogP contribution in [0.3, 0.4) is 0 Å². The van der Waals surface area contributed by atoms with Crippen molar-refractivity contribution in [3.05, 3.63) is 69.4 Å². The maximum atomic E-state index is 13.6. The van der Waals surface area contributed by atoms with Crippen molar-refractivity contribution in [3.8, 4) is 0 Å². The number of benzene rings is 2. The Bertz CT molecular complexity index is 617. The molecule has 19 heavy (non-hydrogen) atoms. The summed E-state index contributed by atoms with van der Waals surface area (Å²) in [7, 11) is 0. The van der Waals surface area contributed by atoms with E-state index in [4.69, 9.17) is 0 Å². The average Bonchev–Trinajstić information content (AvgIpc) is 2.27. The van der Waals surface area contributed by atoms with Crippen LogP contribution < -0.4 is 0 Å². The predicted molar refractivity (Wildman–Crippen MR) is 68.5 cm³/mol. The van der Waals surface area contributed by atoms with Crippen LogP contribution in [0.1, 0.15) is 15.9 Å². The van der Waals surface area contributed by atoms with Gasteiger partial charge in [-0.2, -0.15) is 0 Å². The van der Waals surface area contributed by atoms with Crippen LogP contribution in [0.15, 0.2) is 40.9 Å². The van der Waals surface area contributed by atoms with Gasteiger partial charge in [-0.25, -0.2) is 13.2 Å². The van der Waals surface area contributed by atoms with Crippen LogP contribution in [0.5, 0.6) is 0 Å². The van der Waals surface area contributed by atoms with Crippen molar-refractivity contribution in [2.24, 2.45) is 0 Å². The van der Waals surface area contributed by atoms with E-state index in [9.17, 15) is 18.0 Å². The van der Waals surface area contributed by atoms with Crippen molar-refractivity contribution in [3.63, 3.8) is 0 Å². The molecule has 0 N–H and O–H groups in total. The fourth-order valence-corrected chi connectivity index (χ4v) is 2.13. The molecule has 0 saturated carbocycles. The Labute approximate surface area is 116 Å². The minimum Gasteiger partial charge on any atom is -0.294 e. The maximum absolute atomic E-state index is 13.6. The fourth-order valence-electron chi connectivity index (χ4n) is 1.73. The first-order chi connectivity index (χ1) is 8.97. The van der Waals surface area contributed by atoms with E-state index in [-0.39, 0.29) is 10.9 Å². The second-order valence-corrected chi connectivity index (χ2v) is 4.89. The van der Waals surface area contributed by atoms with Crippen molar-refractivity contribution in [2.75, 3.05) is 0 Å². The van der Waals surface area contributed by atoms with Crippen LogP contribution >= 0.6 is 15.9 Å². The van der Waals surface area contributed by atoms with Gasteiger partial charge in [0.15, 0.2) is 5.78 Å². The molecule has 0 saturated heterocycles. The van der Waals surface area contributed by atoms with Crippen LogP contribution in [-0.2, 0) is 6.42 Å². The van der Waals surface area contributed by atoms with E-state index < -0.39 is 28.8 Å². The number of carbonyl (C=O) groups excluding carboxylic acids is 1. The standard InChI is InChI=1S/C14H8BrF3O/c15-9-6-11(17)14(12(18)7-9)13(19)5-8-2-1-3-10(16)4-8/h1-4,6-7H,5H2. The summed E-state index contributed by atoms with van der Waals surface area (Å²) in [6, 6.07) is 7.38. The number of halogens is 4. The molecule has 0 aliphatic carbocycles. The third-order valence-corrected chi connectivity index (χ3v) is 3.00. The van der Waals surface area contributed by atoms with Crippen LogP contribution in [0.2, 0.25) is 0 Å². The molecule has 0 spiro atoms. The van der Waals surface area contributed by atoms with E-state index in [0.717, 1.165) is 18.2 Å². The summed E-state index contributed by atoms with van der Waals surface area (Å²) in [5.74, 6) is -3.10. The van der Waals surface area contributed by atoms with Gasteiger partial charge in [0.2, 0.25) is 0 Å². The summed E-state index contributed by atoms with van der Waals surface area (Å²) in [5, 5.41) is 0. The van der Waals surface area contributed by atoms with Gasteiger partial charge < -0.3 is 0 Å². The third-order valence-electron chi connectivity index (χ3n) is 2.54. The molecule has 0 bridgehead atoms. The predicted octanol–water partition coefficient (Wildman–Crippen LogP) is 4.29. The van der Waals surface area contributed by atoms with Gasteiger partial charge in [0.05, 0.1) is 5.56 Å². The SMILES string of the molecule is O=C(Cc1cccc(F)c1)c1c(F)cc(Br)cc1F. The van der Waals surface area contributed by atoms with Gasteiger partial charge in [-0.15, -0.1) is 0 Å². The van der Waals surface area contributed by atoms with E-state index in [0.29, 0.717) is 5.56 Å². The van der Waals surface area contributed by atoms with E-state index in [2.05, 4.69) is 15.9 Å². The molecule has 0 atom stereocenters. The van der Waals surface area contributed by atoms with E-state index in [1.807, 2.05) is 0 Å². The molecule has 2 rings (SSSR count). The van der Waals surface area contributed by atoms with Gasteiger partial charge in [-0.1, -0.05) is 28.1 Å². The lowest BCUT2D eigenvalue weighted by molar-refractivity contribution is 0.0985. The van der Waals surface area contributed by atoms with E-state index >= 15 is 0 Å². The number of ketones is 1. The Morgan fingerprint density at radius 1 is 1.05 bits per heavy atom. The largest absolute Gasteiger partial charge is 0.294 e. The molecule has 0 radical (unpaired) electrons. The zero-order valence-corrected chi connectivity index (χ0v) is 11.2. The summed E-state index contributed by atoms with van der Waals surface area (Å²) in [5.41, 5.74) is -0.237. The molecule has 5 heteroatoms. The zero-order chi connectivity index (χ0) is 14.0. The molecule has 2 aromatic carbocycles. The molecule has 0 fully saturated rings. The highest BCUT2D eigenvalue weighted by Crippen LogP contribution is 2.21. The Balaban J connectivity index is 2.31. The summed E-state index contributed by atoms with van der Waals surface area (Å²) in [4.78, 5) is 11.9. The highest BCUT2D eigenvalue weighted by molar-refractivity contribution is 9.10. The normalized spacial score (nSPS) is 10.5. The quantitative estimate of drug-likeness (QED) is 0.768. The van der Waals surface area contributed by atoms with E-state index in [1.165, 1.54) is 18.2 Å². The Kier molecular flexibility index (Phi) is 4.04. The molecule has 0 heterocycles. The summed E-state index contributed by atoms with van der Waals surface area (Å²) >= 11 is 2.93. The molecule has 2 aromatic rings. The molecular formula is C14H8BrF3O. The molecule has 0 unspecified atom stereocenters. The van der Waals surface area contributed by atoms with Crippen molar-refractivity contribution in [1.82, 2.24) is 0 Å². The van der Waals surface area contributed by atoms with Crippen LogP contribution in [0.4, 0.5) is 13.2 Å². The first kappa shape index (κ1) is 13.8. The lowest BCUT2D eigenvalue weighted by Gasteiger charge is -2.05. The third kappa shape index (κ3) is 3.23. The molecule has 98 valence electrons. The maximum Gasteiger partial charge on any atom is 0.173 e. The minimum absolute atomic E-state index is 0.213. The van der Waals surface area contributed by atoms with Crippen molar-refractivity contribution < 1.29 is 18.0 Å². The lowest BCUT2D eigenvalue weighted by atomic mass is 10.0. The van der Waals surface area contributed by atoms with Gasteiger partial charge in [0, 0.05) is 10.9 Å². The van der Waals surface area contributed by atoms with Gasteiger partial charge in [-0.3, -0.25) is 4.79 Å². The summed E-state index contributed by atoms with van der Waals surface area (Å²) < 4.78 is 40.3. The second-order valence-electron chi connectivity index (χ2n) is 3.97. The molecule has 0 aliphatic rings. The lowest BCUT2D eigenvalue weighted by Crippen LogP contribution is -2.09. The first-order valence-electron chi connectivity index (χ1n) is 5.39. The van der Waals surface area contributed by atoms with Gasteiger partial charge in [0.25, 0.3) is 0 Å². The Morgan fingerprint density at radius 2 is 1.68 bits per heavy atom. The molecule has 1 nitrogen and oxygen atoms in total. The number of carbonyl (C=O) groups is 1. The van der Waals surface area contributed by atoms with Crippen LogP contribution in [0.25, 0.3) is 0 Å².